The van der Waals surface area contributed by atoms with Gasteiger partial charge in [0.05, 0.1) is 0 Å². The van der Waals surface area contributed by atoms with E-state index in [4.69, 9.17) is 0 Å². The average molecular weight is 245 g/mol. The molecule has 0 unspecified atom stereocenters. The lowest BCUT2D eigenvalue weighted by Gasteiger charge is -2.13. The van der Waals surface area contributed by atoms with Gasteiger partial charge in [0.2, 0.25) is 5.91 Å². The van der Waals surface area contributed by atoms with Crippen LogP contribution in [0.2, 0.25) is 0 Å². The van der Waals surface area contributed by atoms with E-state index in [0.717, 1.165) is 12.8 Å². The third kappa shape index (κ3) is 3.13. The lowest BCUT2D eigenvalue weighted by Crippen LogP contribution is -2.13. The molecule has 0 saturated carbocycles. The second kappa shape index (κ2) is 5.71. The summed E-state index contributed by atoms with van der Waals surface area (Å²) >= 11 is 0. The van der Waals surface area contributed by atoms with Gasteiger partial charge in [-0.2, -0.15) is 0 Å². The van der Waals surface area contributed by atoms with Crippen molar-refractivity contribution in [3.8, 4) is 5.75 Å². The summed E-state index contributed by atoms with van der Waals surface area (Å²) in [6.07, 6.45) is 7.19. The van der Waals surface area contributed by atoms with Crippen LogP contribution in [0.15, 0.2) is 29.8 Å². The summed E-state index contributed by atoms with van der Waals surface area (Å²) in [6.45, 7) is 1.80. The van der Waals surface area contributed by atoms with Crippen LogP contribution < -0.4 is 5.32 Å². The SMILES string of the molecule is Cc1c(O)cccc1NC(=O)CC1=CCCCC1. The number of hydrogen-bond donors (Lipinski definition) is 2. The third-order valence-electron chi connectivity index (χ3n) is 3.35. The summed E-state index contributed by atoms with van der Waals surface area (Å²) in [4.78, 5) is 11.9. The molecule has 3 nitrogen and oxygen atoms in total. The zero-order chi connectivity index (χ0) is 13.0. The Morgan fingerprint density at radius 3 is 2.94 bits per heavy atom. The highest BCUT2D eigenvalue weighted by atomic mass is 16.3. The number of benzene rings is 1. The number of anilines is 1. The number of phenolic OH excluding ortho intramolecular Hbond substituents is 1. The molecule has 0 fully saturated rings. The first-order valence-electron chi connectivity index (χ1n) is 6.43. The van der Waals surface area contributed by atoms with Gasteiger partial charge < -0.3 is 10.4 Å². The Balaban J connectivity index is 1.98. The zero-order valence-electron chi connectivity index (χ0n) is 10.7. The Kier molecular flexibility index (Phi) is 4.03. The number of carbonyl (C=O) groups is 1. The topological polar surface area (TPSA) is 49.3 Å². The average Bonchev–Trinajstić information content (AvgIpc) is 2.36. The van der Waals surface area contributed by atoms with Crippen molar-refractivity contribution in [3.63, 3.8) is 0 Å². The minimum atomic E-state index is -0.00292. The number of phenols is 1. The van der Waals surface area contributed by atoms with Crippen LogP contribution in [0, 0.1) is 6.92 Å². The van der Waals surface area contributed by atoms with E-state index in [9.17, 15) is 9.90 Å². The van der Waals surface area contributed by atoms with Gasteiger partial charge in [-0.25, -0.2) is 0 Å². The second-order valence-corrected chi connectivity index (χ2v) is 4.78. The van der Waals surface area contributed by atoms with Gasteiger partial charge in [0.1, 0.15) is 5.75 Å². The number of aromatic hydroxyl groups is 1. The fraction of sp³-hybridized carbons (Fsp3) is 0.400. The number of carbonyl (C=O) groups excluding carboxylic acids is 1. The first kappa shape index (κ1) is 12.7. The van der Waals surface area contributed by atoms with Crippen LogP contribution in [0.25, 0.3) is 0 Å². The summed E-state index contributed by atoms with van der Waals surface area (Å²) in [7, 11) is 0. The summed E-state index contributed by atoms with van der Waals surface area (Å²) < 4.78 is 0. The van der Waals surface area contributed by atoms with E-state index in [2.05, 4.69) is 11.4 Å². The number of amides is 1. The Bertz CT molecular complexity index is 477. The van der Waals surface area contributed by atoms with Crippen LogP contribution in [0.3, 0.4) is 0 Å². The molecule has 3 heteroatoms. The molecule has 0 radical (unpaired) electrons. The molecule has 0 heterocycles. The quantitative estimate of drug-likeness (QED) is 0.800. The molecule has 0 bridgehead atoms. The van der Waals surface area contributed by atoms with Gasteiger partial charge >= 0.3 is 0 Å². The number of rotatable bonds is 3. The normalized spacial score (nSPS) is 15.1. The van der Waals surface area contributed by atoms with Gasteiger partial charge in [0.25, 0.3) is 0 Å². The molecule has 1 amide bonds. The largest absolute Gasteiger partial charge is 0.508 e. The maximum Gasteiger partial charge on any atom is 0.228 e. The highest BCUT2D eigenvalue weighted by Gasteiger charge is 2.11. The molecule has 2 N–H and O–H groups in total. The van der Waals surface area contributed by atoms with Gasteiger partial charge in [-0.05, 0) is 44.7 Å². The predicted octanol–water partition coefficient (Wildman–Crippen LogP) is 3.53. The van der Waals surface area contributed by atoms with Crippen LogP contribution in [0.4, 0.5) is 5.69 Å². The van der Waals surface area contributed by atoms with Crippen LogP contribution in [0.5, 0.6) is 5.75 Å². The van der Waals surface area contributed by atoms with Crippen molar-refractivity contribution in [2.24, 2.45) is 0 Å². The first-order valence-corrected chi connectivity index (χ1v) is 6.43. The molecule has 96 valence electrons. The molecule has 0 aliphatic heterocycles. The monoisotopic (exact) mass is 245 g/mol. The maximum absolute atomic E-state index is 11.9. The van der Waals surface area contributed by atoms with Gasteiger partial charge in [-0.1, -0.05) is 17.7 Å². The Hall–Kier alpha value is -1.77. The summed E-state index contributed by atoms with van der Waals surface area (Å²) in [5, 5.41) is 12.4. The molecule has 0 spiro atoms. The molecular formula is C15H19NO2. The summed E-state index contributed by atoms with van der Waals surface area (Å²) in [6, 6.07) is 5.16. The van der Waals surface area contributed by atoms with Crippen LogP contribution in [-0.2, 0) is 4.79 Å². The predicted molar refractivity (Wildman–Crippen MR) is 72.6 cm³/mol. The van der Waals surface area contributed by atoms with Crippen molar-refractivity contribution >= 4 is 11.6 Å². The van der Waals surface area contributed by atoms with Crippen LogP contribution >= 0.6 is 0 Å². The van der Waals surface area contributed by atoms with Crippen molar-refractivity contribution < 1.29 is 9.90 Å². The molecule has 1 aromatic rings. The molecular weight excluding hydrogens is 226 g/mol. The standard InChI is InChI=1S/C15H19NO2/c1-11-13(8-5-9-14(11)17)16-15(18)10-12-6-3-2-4-7-12/h5-6,8-9,17H,2-4,7,10H2,1H3,(H,16,18). The van der Waals surface area contributed by atoms with Crippen LogP contribution in [0.1, 0.15) is 37.7 Å². The number of hydrogen-bond acceptors (Lipinski definition) is 2. The minimum Gasteiger partial charge on any atom is -0.508 e. The highest BCUT2D eigenvalue weighted by molar-refractivity contribution is 5.93. The molecule has 0 aromatic heterocycles. The van der Waals surface area contributed by atoms with E-state index in [0.29, 0.717) is 17.7 Å². The van der Waals surface area contributed by atoms with Gasteiger partial charge in [-0.15, -0.1) is 0 Å². The molecule has 2 rings (SSSR count). The second-order valence-electron chi connectivity index (χ2n) is 4.78. The maximum atomic E-state index is 11.9. The Labute approximate surface area is 108 Å². The smallest absolute Gasteiger partial charge is 0.228 e. The van der Waals surface area contributed by atoms with E-state index >= 15 is 0 Å². The molecule has 0 saturated heterocycles. The number of allylic oxidation sites excluding steroid dienone is 1. The summed E-state index contributed by atoms with van der Waals surface area (Å²) in [5.41, 5.74) is 2.64. The third-order valence-corrected chi connectivity index (χ3v) is 3.35. The van der Waals surface area contributed by atoms with Gasteiger partial charge in [0, 0.05) is 17.7 Å². The highest BCUT2D eigenvalue weighted by Crippen LogP contribution is 2.25. The Morgan fingerprint density at radius 2 is 2.22 bits per heavy atom. The van der Waals surface area contributed by atoms with Crippen molar-refractivity contribution in [3.05, 3.63) is 35.4 Å². The molecule has 1 aliphatic carbocycles. The van der Waals surface area contributed by atoms with Crippen molar-refractivity contribution in [1.29, 1.82) is 0 Å². The van der Waals surface area contributed by atoms with Crippen molar-refractivity contribution in [1.82, 2.24) is 0 Å². The lowest BCUT2D eigenvalue weighted by atomic mass is 9.97. The van der Waals surface area contributed by atoms with Crippen molar-refractivity contribution in [2.45, 2.75) is 39.0 Å². The Morgan fingerprint density at radius 1 is 1.39 bits per heavy atom. The van der Waals surface area contributed by atoms with Crippen LogP contribution in [-0.4, -0.2) is 11.0 Å². The molecule has 0 atom stereocenters. The van der Waals surface area contributed by atoms with Gasteiger partial charge in [0.15, 0.2) is 0 Å². The van der Waals surface area contributed by atoms with E-state index < -0.39 is 0 Å². The molecule has 1 aliphatic rings. The van der Waals surface area contributed by atoms with Crippen molar-refractivity contribution in [2.75, 3.05) is 5.32 Å². The zero-order valence-corrected chi connectivity index (χ0v) is 10.7. The van der Waals surface area contributed by atoms with E-state index in [1.54, 1.807) is 19.1 Å². The van der Waals surface area contributed by atoms with Gasteiger partial charge in [-0.3, -0.25) is 4.79 Å². The number of nitrogens with one attached hydrogen (secondary N) is 1. The van der Waals surface area contributed by atoms with E-state index in [-0.39, 0.29) is 11.7 Å². The fourth-order valence-electron chi connectivity index (χ4n) is 2.22. The minimum absolute atomic E-state index is 0.00292. The molecule has 18 heavy (non-hydrogen) atoms. The summed E-state index contributed by atoms with van der Waals surface area (Å²) in [5.74, 6) is 0.210. The fourth-order valence-corrected chi connectivity index (χ4v) is 2.22. The van der Waals surface area contributed by atoms with E-state index in [1.165, 1.54) is 18.4 Å². The van der Waals surface area contributed by atoms with E-state index in [1.807, 2.05) is 6.07 Å². The first-order chi connectivity index (χ1) is 8.66. The lowest BCUT2D eigenvalue weighted by molar-refractivity contribution is -0.115. The molecule has 1 aromatic carbocycles.